The van der Waals surface area contributed by atoms with E-state index in [1.807, 2.05) is 21.6 Å². The lowest BCUT2D eigenvalue weighted by atomic mass is 10.1. The van der Waals surface area contributed by atoms with Crippen molar-refractivity contribution in [2.75, 3.05) is 18.6 Å². The Bertz CT molecular complexity index is 150. The molecule has 0 rings (SSSR count). The Balaban J connectivity index is 0. The molecular formula is C13H28O3S2. The third-order valence-electron chi connectivity index (χ3n) is 2.25. The van der Waals surface area contributed by atoms with E-state index in [0.717, 1.165) is 13.3 Å². The molecule has 0 atom stereocenters. The minimum absolute atomic E-state index is 0.367. The van der Waals surface area contributed by atoms with Gasteiger partial charge in [0.25, 0.3) is 5.97 Å². The van der Waals surface area contributed by atoms with Crippen LogP contribution in [0.1, 0.15) is 58.3 Å². The van der Waals surface area contributed by atoms with Crippen LogP contribution in [0.3, 0.4) is 0 Å². The van der Waals surface area contributed by atoms with Crippen molar-refractivity contribution >= 4 is 27.6 Å². The molecule has 0 aromatic heterocycles. The number of hydrogen-bond acceptors (Lipinski definition) is 4. The summed E-state index contributed by atoms with van der Waals surface area (Å²) >= 11 is 0. The van der Waals surface area contributed by atoms with Gasteiger partial charge in [0.2, 0.25) is 0 Å². The fourth-order valence-corrected chi connectivity index (χ4v) is 2.76. The zero-order chi connectivity index (χ0) is 14.1. The van der Waals surface area contributed by atoms with Crippen LogP contribution in [0.15, 0.2) is 0 Å². The molecule has 0 amide bonds. The van der Waals surface area contributed by atoms with Gasteiger partial charge in [0.15, 0.2) is 0 Å². The number of carboxylic acids is 1. The minimum Gasteiger partial charge on any atom is -0.481 e. The first-order valence-electron chi connectivity index (χ1n) is 6.61. The van der Waals surface area contributed by atoms with Gasteiger partial charge in [0, 0.05) is 19.3 Å². The highest BCUT2D eigenvalue weighted by Crippen LogP contribution is 2.19. The molecule has 0 aliphatic rings. The zero-order valence-electron chi connectivity index (χ0n) is 11.7. The number of aliphatic carboxylic acids is 1. The maximum Gasteiger partial charge on any atom is 0.300 e. The topological polar surface area (TPSA) is 57.5 Å². The van der Waals surface area contributed by atoms with Gasteiger partial charge < -0.3 is 10.2 Å². The maximum atomic E-state index is 9.00. The van der Waals surface area contributed by atoms with E-state index in [-0.39, 0.29) is 0 Å². The molecule has 0 aliphatic carbocycles. The minimum atomic E-state index is -0.833. The average Bonchev–Trinajstić information content (AvgIpc) is 2.31. The van der Waals surface area contributed by atoms with Gasteiger partial charge >= 0.3 is 0 Å². The van der Waals surface area contributed by atoms with Crippen LogP contribution in [0.5, 0.6) is 0 Å². The van der Waals surface area contributed by atoms with Crippen LogP contribution in [-0.4, -0.2) is 34.8 Å². The lowest BCUT2D eigenvalue weighted by Gasteiger charge is -2.01. The molecule has 0 bridgehead atoms. The third kappa shape index (κ3) is 29.8. The first kappa shape index (κ1) is 20.4. The second-order valence-electron chi connectivity index (χ2n) is 4.06. The monoisotopic (exact) mass is 296 g/mol. The van der Waals surface area contributed by atoms with Gasteiger partial charge in [-0.2, -0.15) is 0 Å². The van der Waals surface area contributed by atoms with Crippen molar-refractivity contribution in [3.05, 3.63) is 0 Å². The summed E-state index contributed by atoms with van der Waals surface area (Å²) < 4.78 is 0. The van der Waals surface area contributed by atoms with Gasteiger partial charge in [-0.1, -0.05) is 60.1 Å². The molecule has 18 heavy (non-hydrogen) atoms. The third-order valence-corrected chi connectivity index (χ3v) is 4.15. The van der Waals surface area contributed by atoms with Crippen molar-refractivity contribution < 1.29 is 15.0 Å². The first-order chi connectivity index (χ1) is 8.65. The van der Waals surface area contributed by atoms with Crippen molar-refractivity contribution in [1.29, 1.82) is 0 Å². The molecule has 0 aromatic carbocycles. The predicted octanol–water partition coefficient (Wildman–Crippen LogP) is 4.20. The molecular weight excluding hydrogens is 268 g/mol. The Labute approximate surface area is 120 Å². The van der Waals surface area contributed by atoms with Crippen molar-refractivity contribution in [2.45, 2.75) is 58.3 Å². The Morgan fingerprint density at radius 3 is 1.72 bits per heavy atom. The molecule has 0 saturated carbocycles. The van der Waals surface area contributed by atoms with Crippen molar-refractivity contribution in [3.63, 3.8) is 0 Å². The molecule has 0 aliphatic heterocycles. The Kier molecular flexibility index (Phi) is 22.1. The average molecular weight is 296 g/mol. The summed E-state index contributed by atoms with van der Waals surface area (Å²) in [7, 11) is 3.84. The van der Waals surface area contributed by atoms with E-state index in [2.05, 4.69) is 6.26 Å². The second-order valence-corrected chi connectivity index (χ2v) is 6.74. The van der Waals surface area contributed by atoms with E-state index in [9.17, 15) is 0 Å². The van der Waals surface area contributed by atoms with E-state index in [0.29, 0.717) is 6.61 Å². The SMILES string of the molecule is CC(=O)O.CSSCCCCCCCCCCO. The number of rotatable bonds is 11. The summed E-state index contributed by atoms with van der Waals surface area (Å²) in [5.74, 6) is 0.478. The van der Waals surface area contributed by atoms with Crippen LogP contribution in [0.4, 0.5) is 0 Å². The largest absolute Gasteiger partial charge is 0.481 e. The summed E-state index contributed by atoms with van der Waals surface area (Å²) in [5.41, 5.74) is 0. The number of hydrogen-bond donors (Lipinski definition) is 2. The van der Waals surface area contributed by atoms with Gasteiger partial charge in [0.05, 0.1) is 0 Å². The highest BCUT2D eigenvalue weighted by atomic mass is 33.1. The van der Waals surface area contributed by atoms with Crippen molar-refractivity contribution in [2.24, 2.45) is 0 Å². The summed E-state index contributed by atoms with van der Waals surface area (Å²) in [6.07, 6.45) is 12.6. The molecule has 0 radical (unpaired) electrons. The van der Waals surface area contributed by atoms with E-state index in [1.165, 1.54) is 50.7 Å². The Hall–Kier alpha value is 0.130. The molecule has 2 N–H and O–H groups in total. The number of carbonyl (C=O) groups is 1. The lowest BCUT2D eigenvalue weighted by molar-refractivity contribution is -0.134. The van der Waals surface area contributed by atoms with Crippen LogP contribution < -0.4 is 0 Å². The number of aliphatic hydroxyl groups is 1. The highest BCUT2D eigenvalue weighted by molar-refractivity contribution is 8.76. The van der Waals surface area contributed by atoms with Crippen LogP contribution in [0, 0.1) is 0 Å². The van der Waals surface area contributed by atoms with Gasteiger partial charge in [-0.15, -0.1) is 0 Å². The van der Waals surface area contributed by atoms with Crippen LogP contribution in [0.2, 0.25) is 0 Å². The molecule has 0 spiro atoms. The highest BCUT2D eigenvalue weighted by Gasteiger charge is 1.92. The van der Waals surface area contributed by atoms with E-state index in [1.54, 1.807) is 0 Å². The quantitative estimate of drug-likeness (QED) is 0.442. The van der Waals surface area contributed by atoms with Gasteiger partial charge in [-0.25, -0.2) is 0 Å². The smallest absolute Gasteiger partial charge is 0.300 e. The Morgan fingerprint density at radius 2 is 1.33 bits per heavy atom. The maximum absolute atomic E-state index is 9.00. The fraction of sp³-hybridized carbons (Fsp3) is 0.923. The van der Waals surface area contributed by atoms with E-state index < -0.39 is 5.97 Å². The normalized spacial score (nSPS) is 9.72. The summed E-state index contributed by atoms with van der Waals surface area (Å²) in [5, 5.41) is 16.0. The standard InChI is InChI=1S/C11H24OS2.C2H4O2/c1-13-14-11-9-7-5-3-2-4-6-8-10-12;1-2(3)4/h12H,2-11H2,1H3;1H3,(H,3,4). The molecule has 110 valence electrons. The zero-order valence-corrected chi connectivity index (χ0v) is 13.3. The lowest BCUT2D eigenvalue weighted by Crippen LogP contribution is -1.84. The van der Waals surface area contributed by atoms with Crippen molar-refractivity contribution in [3.8, 4) is 0 Å². The van der Waals surface area contributed by atoms with Crippen LogP contribution in [-0.2, 0) is 4.79 Å². The number of unbranched alkanes of at least 4 members (excludes halogenated alkanes) is 7. The van der Waals surface area contributed by atoms with Crippen LogP contribution >= 0.6 is 21.6 Å². The predicted molar refractivity (Wildman–Crippen MR) is 83.3 cm³/mol. The van der Waals surface area contributed by atoms with Gasteiger partial charge in [0.1, 0.15) is 0 Å². The number of aliphatic hydroxyl groups excluding tert-OH is 1. The van der Waals surface area contributed by atoms with Crippen LogP contribution in [0.25, 0.3) is 0 Å². The summed E-state index contributed by atoms with van der Waals surface area (Å²) in [6.45, 7) is 1.45. The molecule has 3 nitrogen and oxygen atoms in total. The number of carboxylic acid groups (broad SMARTS) is 1. The fourth-order valence-electron chi connectivity index (χ4n) is 1.42. The molecule has 0 unspecified atom stereocenters. The van der Waals surface area contributed by atoms with E-state index >= 15 is 0 Å². The molecule has 0 saturated heterocycles. The summed E-state index contributed by atoms with van der Waals surface area (Å²) in [6, 6.07) is 0. The molecule has 0 aromatic rings. The molecule has 5 heteroatoms. The Morgan fingerprint density at radius 1 is 0.944 bits per heavy atom. The second kappa shape index (κ2) is 19.5. The molecule has 0 fully saturated rings. The molecule has 0 heterocycles. The van der Waals surface area contributed by atoms with E-state index in [4.69, 9.17) is 15.0 Å². The first-order valence-corrected chi connectivity index (χ1v) is 9.33. The van der Waals surface area contributed by atoms with Crippen molar-refractivity contribution in [1.82, 2.24) is 0 Å². The van der Waals surface area contributed by atoms with Gasteiger partial charge in [-0.3, -0.25) is 4.79 Å². The summed E-state index contributed by atoms with van der Waals surface area (Å²) in [4.78, 5) is 9.00. The van der Waals surface area contributed by atoms with Gasteiger partial charge in [-0.05, 0) is 19.1 Å².